The quantitative estimate of drug-likeness (QED) is 0.519. The van der Waals surface area contributed by atoms with Gasteiger partial charge in [-0.1, -0.05) is 41.2 Å². The molecule has 3 fully saturated rings. The molecule has 2 aromatic carbocycles. The molecule has 4 aliphatic rings. The molecule has 184 valence electrons. The summed E-state index contributed by atoms with van der Waals surface area (Å²) in [6.45, 7) is 2.00. The summed E-state index contributed by atoms with van der Waals surface area (Å²) in [6.07, 6.45) is 0.905. The maximum atomic E-state index is 13.8. The summed E-state index contributed by atoms with van der Waals surface area (Å²) in [6, 6.07) is 16.3. The van der Waals surface area contributed by atoms with Gasteiger partial charge in [0.1, 0.15) is 0 Å². The van der Waals surface area contributed by atoms with Crippen LogP contribution < -0.4 is 14.7 Å². The second kappa shape index (κ2) is 7.83. The summed E-state index contributed by atoms with van der Waals surface area (Å²) in [5.74, 6) is -0.0711. The molecule has 7 atom stereocenters. The third kappa shape index (κ3) is 3.00. The SMILES string of the molecule is Cc1ccc(N2C(=O)C3C4CC(C3C2=O)[C@H]2C(c3ccc(N(C)C)cc3)c3sc(=O)[nH]c3SC42)cc1. The average Bonchev–Trinajstić information content (AvgIpc) is 3.59. The van der Waals surface area contributed by atoms with E-state index in [1.165, 1.54) is 21.8 Å². The van der Waals surface area contributed by atoms with E-state index in [9.17, 15) is 14.4 Å². The van der Waals surface area contributed by atoms with Crippen LogP contribution in [0.5, 0.6) is 0 Å². The van der Waals surface area contributed by atoms with E-state index in [0.29, 0.717) is 5.69 Å². The molecule has 6 unspecified atom stereocenters. The molecule has 3 heterocycles. The van der Waals surface area contributed by atoms with Crippen LogP contribution in [0, 0.1) is 36.5 Å². The standard InChI is InChI=1S/C28H27N3O3S2/c1-13-4-8-16(9-5-13)31-26(32)21-17-12-18(22(21)27(31)33)23-20(17)19(24-25(35-23)29-28(34)36-24)14-6-10-15(11-7-14)30(2)3/h4-11,17-23H,12H2,1-3H3,(H,29,34)/t17?,18?,19?,20-,21?,22?,23?/m0/s1. The fourth-order valence-corrected chi connectivity index (χ4v) is 10.2. The van der Waals surface area contributed by atoms with Gasteiger partial charge in [-0.05, 0) is 60.9 Å². The average molecular weight is 518 g/mol. The van der Waals surface area contributed by atoms with Crippen molar-refractivity contribution in [2.45, 2.75) is 29.5 Å². The maximum absolute atomic E-state index is 13.8. The summed E-state index contributed by atoms with van der Waals surface area (Å²) >= 11 is 3.03. The normalized spacial score (nSPS) is 32.0. The van der Waals surface area contributed by atoms with E-state index in [-0.39, 0.29) is 57.4 Å². The number of aromatic nitrogens is 1. The number of aromatic amines is 1. The molecule has 0 spiro atoms. The van der Waals surface area contributed by atoms with Crippen molar-refractivity contribution in [2.24, 2.45) is 29.6 Å². The van der Waals surface area contributed by atoms with E-state index in [1.807, 2.05) is 45.3 Å². The van der Waals surface area contributed by atoms with E-state index >= 15 is 0 Å². The first-order chi connectivity index (χ1) is 17.3. The minimum Gasteiger partial charge on any atom is -0.378 e. The van der Waals surface area contributed by atoms with E-state index < -0.39 is 0 Å². The second-order valence-electron chi connectivity index (χ2n) is 10.8. The van der Waals surface area contributed by atoms with Gasteiger partial charge in [0.25, 0.3) is 0 Å². The fraction of sp³-hybridized carbons (Fsp3) is 0.393. The van der Waals surface area contributed by atoms with Gasteiger partial charge in [0.05, 0.1) is 22.5 Å². The lowest BCUT2D eigenvalue weighted by Gasteiger charge is -2.43. The first-order valence-electron chi connectivity index (χ1n) is 12.4. The number of nitrogens with one attached hydrogen (secondary N) is 1. The number of aryl methyl sites for hydroxylation is 1. The summed E-state index contributed by atoms with van der Waals surface area (Å²) < 4.78 is 0. The first kappa shape index (κ1) is 22.4. The van der Waals surface area contributed by atoms with Crippen LogP contribution in [0.25, 0.3) is 0 Å². The van der Waals surface area contributed by atoms with Gasteiger partial charge in [-0.3, -0.25) is 19.3 Å². The number of fused-ring (bicyclic) bond motifs is 9. The molecule has 1 saturated heterocycles. The van der Waals surface area contributed by atoms with Crippen molar-refractivity contribution in [2.75, 3.05) is 23.9 Å². The minimum atomic E-state index is -0.272. The number of nitrogens with zero attached hydrogens (tertiary/aromatic N) is 2. The second-order valence-corrected chi connectivity index (χ2v) is 13.0. The van der Waals surface area contributed by atoms with Gasteiger partial charge < -0.3 is 9.88 Å². The maximum Gasteiger partial charge on any atom is 0.305 e. The first-order valence-corrected chi connectivity index (χ1v) is 14.1. The monoisotopic (exact) mass is 517 g/mol. The third-order valence-electron chi connectivity index (χ3n) is 8.78. The molecule has 2 aliphatic carbocycles. The molecule has 6 nitrogen and oxygen atoms in total. The Balaban J connectivity index is 1.31. The number of rotatable bonds is 3. The summed E-state index contributed by atoms with van der Waals surface area (Å²) in [5, 5.41) is 1.16. The van der Waals surface area contributed by atoms with Crippen molar-refractivity contribution in [1.29, 1.82) is 0 Å². The van der Waals surface area contributed by atoms with Gasteiger partial charge in [-0.2, -0.15) is 0 Å². The van der Waals surface area contributed by atoms with Crippen LogP contribution in [0.4, 0.5) is 11.4 Å². The van der Waals surface area contributed by atoms with Gasteiger partial charge in [-0.15, -0.1) is 11.8 Å². The Morgan fingerprint density at radius 1 is 0.917 bits per heavy atom. The van der Waals surface area contributed by atoms with E-state index in [4.69, 9.17) is 0 Å². The Hall–Kier alpha value is -2.84. The molecule has 2 bridgehead atoms. The minimum absolute atomic E-state index is 0.0346. The number of hydrogen-bond acceptors (Lipinski definition) is 6. The van der Waals surface area contributed by atoms with Gasteiger partial charge in [0.15, 0.2) is 0 Å². The predicted molar refractivity (Wildman–Crippen MR) is 143 cm³/mol. The topological polar surface area (TPSA) is 73.5 Å². The lowest BCUT2D eigenvalue weighted by molar-refractivity contribution is -0.123. The van der Waals surface area contributed by atoms with Crippen LogP contribution in [0.1, 0.15) is 28.3 Å². The number of carbonyl (C=O) groups excluding carboxylic acids is 2. The van der Waals surface area contributed by atoms with Crippen LogP contribution in [0.15, 0.2) is 58.4 Å². The van der Waals surface area contributed by atoms with Crippen LogP contribution in [-0.2, 0) is 9.59 Å². The highest BCUT2D eigenvalue weighted by atomic mass is 32.2. The van der Waals surface area contributed by atoms with Crippen LogP contribution in [0.2, 0.25) is 0 Å². The Labute approximate surface area is 217 Å². The van der Waals surface area contributed by atoms with Crippen LogP contribution in [-0.4, -0.2) is 36.1 Å². The smallest absolute Gasteiger partial charge is 0.305 e. The number of imide groups is 1. The molecule has 36 heavy (non-hydrogen) atoms. The number of H-pyrrole nitrogens is 1. The number of amides is 2. The van der Waals surface area contributed by atoms with E-state index in [0.717, 1.165) is 27.6 Å². The third-order valence-corrected chi connectivity index (χ3v) is 11.4. The Bertz CT molecular complexity index is 1440. The Kier molecular flexibility index (Phi) is 4.86. The fourth-order valence-electron chi connectivity index (χ4n) is 7.32. The van der Waals surface area contributed by atoms with Gasteiger partial charge >= 0.3 is 4.87 Å². The molecule has 0 radical (unpaired) electrons. The zero-order chi connectivity index (χ0) is 24.9. The van der Waals surface area contributed by atoms with Gasteiger partial charge in [0, 0.05) is 35.8 Å². The number of hydrogen-bond donors (Lipinski definition) is 1. The molecule has 1 N–H and O–H groups in total. The number of benzene rings is 2. The van der Waals surface area contributed by atoms with Crippen molar-refractivity contribution in [3.63, 3.8) is 0 Å². The molecule has 8 heteroatoms. The lowest BCUT2D eigenvalue weighted by atomic mass is 9.68. The number of thioether (sulfide) groups is 1. The summed E-state index contributed by atoms with van der Waals surface area (Å²) in [4.78, 5) is 47.6. The van der Waals surface area contributed by atoms with Crippen molar-refractivity contribution in [1.82, 2.24) is 4.98 Å². The molecule has 2 amide bonds. The molecule has 3 aromatic rings. The largest absolute Gasteiger partial charge is 0.378 e. The zero-order valence-corrected chi connectivity index (χ0v) is 21.9. The molecular weight excluding hydrogens is 490 g/mol. The zero-order valence-electron chi connectivity index (χ0n) is 20.3. The van der Waals surface area contributed by atoms with Crippen LogP contribution in [0.3, 0.4) is 0 Å². The highest BCUT2D eigenvalue weighted by Gasteiger charge is 2.69. The van der Waals surface area contributed by atoms with Crippen molar-refractivity contribution < 1.29 is 9.59 Å². The van der Waals surface area contributed by atoms with Crippen LogP contribution >= 0.6 is 23.1 Å². The number of thiazole rings is 1. The molecule has 7 rings (SSSR count). The molecule has 2 saturated carbocycles. The molecule has 2 aliphatic heterocycles. The summed E-state index contributed by atoms with van der Waals surface area (Å²) in [5.41, 5.74) is 4.09. The highest BCUT2D eigenvalue weighted by molar-refractivity contribution is 8.00. The predicted octanol–water partition coefficient (Wildman–Crippen LogP) is 4.49. The molecule has 1 aromatic heterocycles. The Morgan fingerprint density at radius 2 is 1.58 bits per heavy atom. The van der Waals surface area contributed by atoms with E-state index in [1.54, 1.807) is 11.8 Å². The van der Waals surface area contributed by atoms with E-state index in [2.05, 4.69) is 34.1 Å². The van der Waals surface area contributed by atoms with Crippen molar-refractivity contribution >= 4 is 46.3 Å². The lowest BCUT2D eigenvalue weighted by Crippen LogP contribution is -2.42. The summed E-state index contributed by atoms with van der Waals surface area (Å²) in [7, 11) is 4.05. The highest BCUT2D eigenvalue weighted by Crippen LogP contribution is 2.68. The number of anilines is 2. The van der Waals surface area contributed by atoms with Gasteiger partial charge in [0.2, 0.25) is 11.8 Å². The van der Waals surface area contributed by atoms with Crippen molar-refractivity contribution in [3.05, 3.63) is 74.2 Å². The van der Waals surface area contributed by atoms with Gasteiger partial charge in [-0.25, -0.2) is 0 Å². The van der Waals surface area contributed by atoms with Crippen molar-refractivity contribution in [3.8, 4) is 0 Å². The number of carbonyl (C=O) groups is 2. The molecular formula is C28H27N3O3S2. The Morgan fingerprint density at radius 3 is 2.25 bits per heavy atom.